The summed E-state index contributed by atoms with van der Waals surface area (Å²) in [6, 6.07) is 12.4. The fourth-order valence-corrected chi connectivity index (χ4v) is 2.33. The summed E-state index contributed by atoms with van der Waals surface area (Å²) in [6.45, 7) is 10.2. The van der Waals surface area contributed by atoms with Crippen LogP contribution in [-0.4, -0.2) is 13.2 Å². The van der Waals surface area contributed by atoms with Crippen LogP contribution in [0.1, 0.15) is 19.4 Å². The van der Waals surface area contributed by atoms with Gasteiger partial charge in [0.25, 0.3) is 0 Å². The summed E-state index contributed by atoms with van der Waals surface area (Å²) < 4.78 is 5.79. The SMILES string of the molecule is C=C(Cl)COc1ccc2ccccc2c1CNCC(C)C. The maximum absolute atomic E-state index is 5.81. The molecule has 0 aliphatic rings. The first-order chi connectivity index (χ1) is 10.1. The Labute approximate surface area is 131 Å². The van der Waals surface area contributed by atoms with Gasteiger partial charge < -0.3 is 10.1 Å². The van der Waals surface area contributed by atoms with Crippen LogP contribution in [0.5, 0.6) is 5.75 Å². The van der Waals surface area contributed by atoms with Gasteiger partial charge in [0.1, 0.15) is 12.4 Å². The van der Waals surface area contributed by atoms with Gasteiger partial charge in [-0.25, -0.2) is 0 Å². The number of benzene rings is 2. The summed E-state index contributed by atoms with van der Waals surface area (Å²) in [5.41, 5.74) is 1.17. The van der Waals surface area contributed by atoms with Crippen molar-refractivity contribution in [2.45, 2.75) is 20.4 Å². The van der Waals surface area contributed by atoms with E-state index in [-0.39, 0.29) is 0 Å². The van der Waals surface area contributed by atoms with Crippen molar-refractivity contribution < 1.29 is 4.74 Å². The van der Waals surface area contributed by atoms with Crippen LogP contribution >= 0.6 is 11.6 Å². The molecule has 0 heterocycles. The smallest absolute Gasteiger partial charge is 0.124 e. The van der Waals surface area contributed by atoms with E-state index in [1.54, 1.807) is 0 Å². The molecule has 1 N–H and O–H groups in total. The third-order valence-corrected chi connectivity index (χ3v) is 3.35. The number of halogens is 1. The minimum atomic E-state index is 0.330. The molecule has 112 valence electrons. The quantitative estimate of drug-likeness (QED) is 0.799. The molecule has 0 aliphatic heterocycles. The second-order valence-corrected chi connectivity index (χ2v) is 6.13. The van der Waals surface area contributed by atoms with Crippen LogP contribution in [-0.2, 0) is 6.54 Å². The lowest BCUT2D eigenvalue weighted by Crippen LogP contribution is -2.19. The first kappa shape index (κ1) is 15.9. The highest BCUT2D eigenvalue weighted by Gasteiger charge is 2.09. The Balaban J connectivity index is 2.30. The third-order valence-electron chi connectivity index (χ3n) is 3.24. The van der Waals surface area contributed by atoms with E-state index in [9.17, 15) is 0 Å². The maximum Gasteiger partial charge on any atom is 0.124 e. The molecule has 3 heteroatoms. The molecule has 0 atom stereocenters. The highest BCUT2D eigenvalue weighted by atomic mass is 35.5. The highest BCUT2D eigenvalue weighted by Crippen LogP contribution is 2.28. The first-order valence-corrected chi connectivity index (χ1v) is 7.63. The van der Waals surface area contributed by atoms with E-state index in [0.29, 0.717) is 17.6 Å². The van der Waals surface area contributed by atoms with Gasteiger partial charge in [-0.2, -0.15) is 0 Å². The molecule has 0 unspecified atom stereocenters. The summed E-state index contributed by atoms with van der Waals surface area (Å²) in [6.07, 6.45) is 0. The molecule has 0 saturated heterocycles. The third kappa shape index (κ3) is 4.48. The second-order valence-electron chi connectivity index (χ2n) is 5.59. The molecule has 0 saturated carbocycles. The van der Waals surface area contributed by atoms with E-state index in [0.717, 1.165) is 18.8 Å². The lowest BCUT2D eigenvalue weighted by Gasteiger charge is -2.15. The zero-order chi connectivity index (χ0) is 15.2. The van der Waals surface area contributed by atoms with Crippen molar-refractivity contribution in [1.29, 1.82) is 0 Å². The normalized spacial score (nSPS) is 11.0. The summed E-state index contributed by atoms with van der Waals surface area (Å²) in [4.78, 5) is 0. The predicted molar refractivity (Wildman–Crippen MR) is 91.0 cm³/mol. The topological polar surface area (TPSA) is 21.3 Å². The Morgan fingerprint density at radius 2 is 2.00 bits per heavy atom. The van der Waals surface area contributed by atoms with Gasteiger partial charge in [0.05, 0.1) is 0 Å². The monoisotopic (exact) mass is 303 g/mol. The molecule has 0 aliphatic carbocycles. The molecule has 2 rings (SSSR count). The maximum atomic E-state index is 5.81. The Bertz CT molecular complexity index is 622. The average Bonchev–Trinajstić information content (AvgIpc) is 2.45. The minimum absolute atomic E-state index is 0.330. The largest absolute Gasteiger partial charge is 0.488 e. The van der Waals surface area contributed by atoms with Crippen LogP contribution in [0.3, 0.4) is 0 Å². The first-order valence-electron chi connectivity index (χ1n) is 7.25. The van der Waals surface area contributed by atoms with Crippen molar-refractivity contribution >= 4 is 22.4 Å². The van der Waals surface area contributed by atoms with Crippen LogP contribution in [0.25, 0.3) is 10.8 Å². The molecule has 0 aromatic heterocycles. The van der Waals surface area contributed by atoms with Crippen LogP contribution in [0, 0.1) is 5.92 Å². The van der Waals surface area contributed by atoms with Crippen LogP contribution < -0.4 is 10.1 Å². The molecule has 0 amide bonds. The molecule has 0 bridgehead atoms. The van der Waals surface area contributed by atoms with Gasteiger partial charge in [-0.05, 0) is 29.3 Å². The summed E-state index contributed by atoms with van der Waals surface area (Å²) in [5.74, 6) is 1.48. The van der Waals surface area contributed by atoms with Crippen LogP contribution in [0.4, 0.5) is 0 Å². The number of rotatable bonds is 7. The lowest BCUT2D eigenvalue weighted by molar-refractivity contribution is 0.354. The molecule has 0 radical (unpaired) electrons. The number of fused-ring (bicyclic) bond motifs is 1. The van der Waals surface area contributed by atoms with Gasteiger partial charge >= 0.3 is 0 Å². The Kier molecular flexibility index (Phi) is 5.66. The van der Waals surface area contributed by atoms with E-state index in [1.165, 1.54) is 16.3 Å². The average molecular weight is 304 g/mol. The van der Waals surface area contributed by atoms with Gasteiger partial charge in [-0.15, -0.1) is 0 Å². The Morgan fingerprint density at radius 3 is 2.71 bits per heavy atom. The fourth-order valence-electron chi connectivity index (χ4n) is 2.28. The summed E-state index contributed by atoms with van der Waals surface area (Å²) >= 11 is 5.81. The molecule has 21 heavy (non-hydrogen) atoms. The molecule has 2 aromatic carbocycles. The van der Waals surface area contributed by atoms with Crippen molar-refractivity contribution in [2.75, 3.05) is 13.2 Å². The van der Waals surface area contributed by atoms with Crippen molar-refractivity contribution in [1.82, 2.24) is 5.32 Å². The predicted octanol–water partition coefficient (Wildman–Crippen LogP) is 4.72. The standard InChI is InChI=1S/C18H22ClNO/c1-13(2)10-20-11-17-16-7-5-4-6-15(16)8-9-18(17)21-12-14(3)19/h4-9,13,20H,3,10-12H2,1-2H3. The van der Waals surface area contributed by atoms with E-state index in [4.69, 9.17) is 16.3 Å². The van der Waals surface area contributed by atoms with E-state index in [1.807, 2.05) is 6.07 Å². The molecule has 2 aromatic rings. The molecule has 0 fully saturated rings. The van der Waals surface area contributed by atoms with Crippen LogP contribution in [0.2, 0.25) is 0 Å². The zero-order valence-corrected chi connectivity index (χ0v) is 13.4. The minimum Gasteiger partial charge on any atom is -0.488 e. The molecular formula is C18H22ClNO. The van der Waals surface area contributed by atoms with E-state index < -0.39 is 0 Å². The lowest BCUT2D eigenvalue weighted by atomic mass is 10.0. The number of hydrogen-bond donors (Lipinski definition) is 1. The van der Waals surface area contributed by atoms with E-state index in [2.05, 4.69) is 56.1 Å². The van der Waals surface area contributed by atoms with Crippen molar-refractivity contribution in [3.63, 3.8) is 0 Å². The molecule has 0 spiro atoms. The molecular weight excluding hydrogens is 282 g/mol. The molecule has 2 nitrogen and oxygen atoms in total. The Morgan fingerprint density at radius 1 is 1.24 bits per heavy atom. The number of ether oxygens (including phenoxy) is 1. The second kappa shape index (κ2) is 7.48. The van der Waals surface area contributed by atoms with Crippen molar-refractivity contribution in [3.05, 3.63) is 53.6 Å². The number of nitrogens with one attached hydrogen (secondary N) is 1. The van der Waals surface area contributed by atoms with Gasteiger partial charge in [-0.1, -0.05) is 62.4 Å². The number of hydrogen-bond acceptors (Lipinski definition) is 2. The summed E-state index contributed by atoms with van der Waals surface area (Å²) in [7, 11) is 0. The van der Waals surface area contributed by atoms with Crippen molar-refractivity contribution in [3.8, 4) is 5.75 Å². The Hall–Kier alpha value is -1.51. The summed E-state index contributed by atoms with van der Waals surface area (Å²) in [5, 5.41) is 6.42. The van der Waals surface area contributed by atoms with Gasteiger partial charge in [0, 0.05) is 17.1 Å². The fraction of sp³-hybridized carbons (Fsp3) is 0.333. The van der Waals surface area contributed by atoms with Crippen LogP contribution in [0.15, 0.2) is 48.0 Å². The van der Waals surface area contributed by atoms with E-state index >= 15 is 0 Å². The zero-order valence-electron chi connectivity index (χ0n) is 12.7. The van der Waals surface area contributed by atoms with Crippen molar-refractivity contribution in [2.24, 2.45) is 5.92 Å². The van der Waals surface area contributed by atoms with Gasteiger partial charge in [0.15, 0.2) is 0 Å². The van der Waals surface area contributed by atoms with Gasteiger partial charge in [-0.3, -0.25) is 0 Å². The van der Waals surface area contributed by atoms with Gasteiger partial charge in [0.2, 0.25) is 0 Å². The highest BCUT2D eigenvalue weighted by molar-refractivity contribution is 6.29.